The van der Waals surface area contributed by atoms with Crippen molar-refractivity contribution >= 4 is 31.6 Å². The number of aromatic nitrogens is 1. The Labute approximate surface area is 102 Å². The first-order chi connectivity index (χ1) is 7.44. The number of halogens is 1. The van der Waals surface area contributed by atoms with Crippen molar-refractivity contribution < 1.29 is 13.2 Å². The predicted octanol–water partition coefficient (Wildman–Crippen LogP) is 1.76. The quantitative estimate of drug-likeness (QED) is 0.861. The number of pyridine rings is 1. The average Bonchev–Trinajstić information content (AvgIpc) is 2.91. The summed E-state index contributed by atoms with van der Waals surface area (Å²) in [4.78, 5) is 4.01. The van der Waals surface area contributed by atoms with Gasteiger partial charge in [-0.2, -0.15) is 0 Å². The molecule has 0 unspecified atom stereocenters. The van der Waals surface area contributed by atoms with Gasteiger partial charge in [-0.1, -0.05) is 0 Å². The first-order valence-corrected chi connectivity index (χ1v) is 7.42. The third-order valence-corrected chi connectivity index (χ3v) is 2.97. The number of nitrogens with zero attached hydrogens (tertiary/aromatic N) is 1. The summed E-state index contributed by atoms with van der Waals surface area (Å²) in [6, 6.07) is 1.58. The minimum absolute atomic E-state index is 0.197. The van der Waals surface area contributed by atoms with Crippen LogP contribution in [0.25, 0.3) is 0 Å². The van der Waals surface area contributed by atoms with E-state index in [1.165, 1.54) is 6.20 Å². The normalized spacial score (nSPS) is 15.9. The number of hydrogen-bond donors (Lipinski definition) is 1. The molecule has 1 saturated carbocycles. The second-order valence-corrected chi connectivity index (χ2v) is 6.26. The first-order valence-electron chi connectivity index (χ1n) is 4.74. The van der Waals surface area contributed by atoms with Gasteiger partial charge in [0, 0.05) is 0 Å². The van der Waals surface area contributed by atoms with E-state index in [4.69, 9.17) is 4.74 Å². The molecule has 2 rings (SSSR count). The van der Waals surface area contributed by atoms with Crippen LogP contribution >= 0.6 is 15.9 Å². The zero-order chi connectivity index (χ0) is 11.8. The van der Waals surface area contributed by atoms with Crippen molar-refractivity contribution in [2.45, 2.75) is 18.9 Å². The van der Waals surface area contributed by atoms with E-state index >= 15 is 0 Å². The molecule has 0 amide bonds. The molecule has 5 nitrogen and oxygen atoms in total. The second kappa shape index (κ2) is 4.21. The van der Waals surface area contributed by atoms with Crippen LogP contribution in [-0.2, 0) is 10.0 Å². The monoisotopic (exact) mass is 306 g/mol. The molecule has 1 aliphatic rings. The van der Waals surface area contributed by atoms with Gasteiger partial charge in [0.05, 0.1) is 24.2 Å². The Balaban J connectivity index is 2.27. The topological polar surface area (TPSA) is 68.3 Å². The highest BCUT2D eigenvalue weighted by Crippen LogP contribution is 2.33. The average molecular weight is 307 g/mol. The first kappa shape index (κ1) is 11.7. The van der Waals surface area contributed by atoms with Gasteiger partial charge in [-0.3, -0.25) is 4.72 Å². The van der Waals surface area contributed by atoms with E-state index in [9.17, 15) is 8.42 Å². The third kappa shape index (κ3) is 3.34. The van der Waals surface area contributed by atoms with E-state index in [0.29, 0.717) is 16.0 Å². The molecule has 7 heteroatoms. The second-order valence-electron chi connectivity index (χ2n) is 3.69. The third-order valence-electron chi connectivity index (χ3n) is 1.95. The van der Waals surface area contributed by atoms with Crippen LogP contribution < -0.4 is 9.46 Å². The van der Waals surface area contributed by atoms with Crippen LogP contribution in [0.5, 0.6) is 5.75 Å². The van der Waals surface area contributed by atoms with E-state index < -0.39 is 10.0 Å². The maximum atomic E-state index is 11.2. The molecule has 0 radical (unpaired) electrons. The summed E-state index contributed by atoms with van der Waals surface area (Å²) in [5, 5.41) is 0. The molecule has 0 aromatic carbocycles. The Morgan fingerprint density at radius 1 is 1.56 bits per heavy atom. The molecule has 0 saturated heterocycles. The van der Waals surface area contributed by atoms with Crippen LogP contribution in [0.15, 0.2) is 16.9 Å². The highest BCUT2D eigenvalue weighted by atomic mass is 79.9. The van der Waals surface area contributed by atoms with Crippen molar-refractivity contribution in [2.24, 2.45) is 0 Å². The van der Waals surface area contributed by atoms with Crippen molar-refractivity contribution in [3.63, 3.8) is 0 Å². The molecule has 0 spiro atoms. The van der Waals surface area contributed by atoms with Crippen molar-refractivity contribution in [1.82, 2.24) is 4.98 Å². The lowest BCUT2D eigenvalue weighted by Gasteiger charge is -2.11. The maximum absolute atomic E-state index is 11.2. The van der Waals surface area contributed by atoms with E-state index in [-0.39, 0.29) is 6.10 Å². The van der Waals surface area contributed by atoms with Gasteiger partial charge >= 0.3 is 0 Å². The Morgan fingerprint density at radius 2 is 2.25 bits per heavy atom. The zero-order valence-electron chi connectivity index (χ0n) is 8.60. The van der Waals surface area contributed by atoms with E-state index in [2.05, 4.69) is 25.6 Å². The van der Waals surface area contributed by atoms with Gasteiger partial charge in [-0.15, -0.1) is 0 Å². The van der Waals surface area contributed by atoms with Crippen molar-refractivity contribution in [3.05, 3.63) is 16.9 Å². The summed E-state index contributed by atoms with van der Waals surface area (Å²) < 4.78 is 30.8. The molecule has 1 aromatic heterocycles. The molecule has 1 heterocycles. The predicted molar refractivity (Wildman–Crippen MR) is 64.1 cm³/mol. The largest absolute Gasteiger partial charge is 0.487 e. The summed E-state index contributed by atoms with van der Waals surface area (Å²) in [5.41, 5.74) is 0.413. The Kier molecular flexibility index (Phi) is 3.07. The van der Waals surface area contributed by atoms with E-state index in [0.717, 1.165) is 19.1 Å². The number of nitrogens with one attached hydrogen (secondary N) is 1. The molecule has 0 atom stereocenters. The van der Waals surface area contributed by atoms with Crippen molar-refractivity contribution in [2.75, 3.05) is 11.0 Å². The van der Waals surface area contributed by atoms with Gasteiger partial charge in [0.1, 0.15) is 4.60 Å². The molecule has 0 bridgehead atoms. The number of hydrogen-bond acceptors (Lipinski definition) is 4. The van der Waals surface area contributed by atoms with Crippen LogP contribution in [0.3, 0.4) is 0 Å². The zero-order valence-corrected chi connectivity index (χ0v) is 11.0. The molecule has 16 heavy (non-hydrogen) atoms. The molecule has 1 N–H and O–H groups in total. The maximum Gasteiger partial charge on any atom is 0.229 e. The minimum Gasteiger partial charge on any atom is -0.487 e. The van der Waals surface area contributed by atoms with Crippen LogP contribution in [0, 0.1) is 0 Å². The number of sulfonamides is 1. The van der Waals surface area contributed by atoms with E-state index in [1.54, 1.807) is 6.07 Å². The SMILES string of the molecule is CS(=O)(=O)Nc1cc(Br)ncc1OC1CC1. The molecule has 88 valence electrons. The fourth-order valence-electron chi connectivity index (χ4n) is 1.16. The lowest BCUT2D eigenvalue weighted by atomic mass is 10.4. The van der Waals surface area contributed by atoms with Crippen LogP contribution in [0.1, 0.15) is 12.8 Å². The summed E-state index contributed by atoms with van der Waals surface area (Å²) in [6.45, 7) is 0. The molecular formula is C9H11BrN2O3S. The van der Waals surface area contributed by atoms with Gasteiger partial charge in [0.25, 0.3) is 0 Å². The Morgan fingerprint density at radius 3 is 2.81 bits per heavy atom. The highest BCUT2D eigenvalue weighted by Gasteiger charge is 2.25. The standard InChI is InChI=1S/C9H11BrN2O3S/c1-16(13,14)12-7-4-9(10)11-5-8(7)15-6-2-3-6/h4-6H,2-3H2,1H3,(H,11,12). The number of rotatable bonds is 4. The smallest absolute Gasteiger partial charge is 0.229 e. The lowest BCUT2D eigenvalue weighted by Crippen LogP contribution is -2.11. The Hall–Kier alpha value is -0.820. The fourth-order valence-corrected chi connectivity index (χ4v) is 2.05. The summed E-state index contributed by atoms with van der Waals surface area (Å²) in [6.07, 6.45) is 4.82. The van der Waals surface area contributed by atoms with Gasteiger partial charge in [-0.25, -0.2) is 13.4 Å². The number of ether oxygens (including phenoxy) is 1. The molecule has 1 aromatic rings. The fraction of sp³-hybridized carbons (Fsp3) is 0.444. The van der Waals surface area contributed by atoms with E-state index in [1.807, 2.05) is 0 Å². The minimum atomic E-state index is -3.31. The summed E-state index contributed by atoms with van der Waals surface area (Å²) >= 11 is 3.18. The summed E-state index contributed by atoms with van der Waals surface area (Å²) in [7, 11) is -3.31. The highest BCUT2D eigenvalue weighted by molar-refractivity contribution is 9.10. The lowest BCUT2D eigenvalue weighted by molar-refractivity contribution is 0.303. The van der Waals surface area contributed by atoms with Gasteiger partial charge < -0.3 is 4.74 Å². The molecular weight excluding hydrogens is 296 g/mol. The van der Waals surface area contributed by atoms with Gasteiger partial charge in [0.15, 0.2) is 5.75 Å². The van der Waals surface area contributed by atoms with Crippen LogP contribution in [0.4, 0.5) is 5.69 Å². The summed E-state index contributed by atoms with van der Waals surface area (Å²) in [5.74, 6) is 0.469. The van der Waals surface area contributed by atoms with Crippen LogP contribution in [0.2, 0.25) is 0 Å². The molecule has 0 aliphatic heterocycles. The van der Waals surface area contributed by atoms with Gasteiger partial charge in [-0.05, 0) is 34.8 Å². The van der Waals surface area contributed by atoms with Crippen LogP contribution in [-0.4, -0.2) is 25.8 Å². The molecule has 1 aliphatic carbocycles. The Bertz CT molecular complexity index is 499. The molecule has 1 fully saturated rings. The number of anilines is 1. The van der Waals surface area contributed by atoms with Crippen molar-refractivity contribution in [3.8, 4) is 5.75 Å². The van der Waals surface area contributed by atoms with Gasteiger partial charge in [0.2, 0.25) is 10.0 Å². The van der Waals surface area contributed by atoms with Crippen molar-refractivity contribution in [1.29, 1.82) is 0 Å².